The van der Waals surface area contributed by atoms with Gasteiger partial charge in [-0.2, -0.15) is 0 Å². The fourth-order valence-corrected chi connectivity index (χ4v) is 3.76. The fraction of sp³-hybridized carbons (Fsp3) is 0.300. The maximum absolute atomic E-state index is 9.57. The van der Waals surface area contributed by atoms with E-state index in [0.717, 1.165) is 16.8 Å². The number of aromatic nitrogens is 3. The Balaban J connectivity index is 1.95. The second-order valence-electron chi connectivity index (χ2n) is 6.36. The van der Waals surface area contributed by atoms with E-state index in [2.05, 4.69) is 10.2 Å². The molecule has 7 nitrogen and oxygen atoms in total. The molecule has 1 N–H and O–H groups in total. The van der Waals surface area contributed by atoms with Gasteiger partial charge in [-0.3, -0.25) is 4.57 Å². The van der Waals surface area contributed by atoms with Gasteiger partial charge in [0.15, 0.2) is 17.3 Å². The zero-order valence-corrected chi connectivity index (χ0v) is 16.3. The number of rotatable bonds is 5. The number of halogens is 1. The summed E-state index contributed by atoms with van der Waals surface area (Å²) in [5.41, 5.74) is 2.51. The van der Waals surface area contributed by atoms with Gasteiger partial charge in [-0.25, -0.2) is 0 Å². The molecule has 0 saturated carbocycles. The zero-order chi connectivity index (χ0) is 19.7. The first-order chi connectivity index (χ1) is 13.7. The molecule has 8 heteroatoms. The van der Waals surface area contributed by atoms with Crippen LogP contribution >= 0.6 is 11.6 Å². The number of benzene rings is 2. The van der Waals surface area contributed by atoms with Crippen molar-refractivity contribution in [2.45, 2.75) is 18.6 Å². The molecule has 1 aliphatic heterocycles. The highest BCUT2D eigenvalue weighted by Gasteiger charge is 2.33. The monoisotopic (exact) mass is 401 g/mol. The predicted octanol–water partition coefficient (Wildman–Crippen LogP) is 3.48. The summed E-state index contributed by atoms with van der Waals surface area (Å²) >= 11 is 6.32. The van der Waals surface area contributed by atoms with Crippen molar-refractivity contribution in [3.05, 3.63) is 64.7 Å². The molecule has 0 bridgehead atoms. The Morgan fingerprint density at radius 2 is 2.04 bits per heavy atom. The Labute approximate surface area is 167 Å². The van der Waals surface area contributed by atoms with Gasteiger partial charge in [0.05, 0.1) is 19.9 Å². The van der Waals surface area contributed by atoms with Gasteiger partial charge in [-0.1, -0.05) is 23.7 Å². The molecule has 146 valence electrons. The van der Waals surface area contributed by atoms with Crippen molar-refractivity contribution in [1.29, 1.82) is 0 Å². The van der Waals surface area contributed by atoms with Crippen LogP contribution in [-0.2, 0) is 4.74 Å². The van der Waals surface area contributed by atoms with Crippen LogP contribution in [0.15, 0.2) is 42.7 Å². The number of hydrogen-bond donors (Lipinski definition) is 1. The summed E-state index contributed by atoms with van der Waals surface area (Å²) in [6.07, 6.45) is 1.06. The Morgan fingerprint density at radius 1 is 1.18 bits per heavy atom. The fourth-order valence-electron chi connectivity index (χ4n) is 3.58. The number of fused-ring (bicyclic) bond motifs is 3. The van der Waals surface area contributed by atoms with Crippen LogP contribution in [0.2, 0.25) is 5.02 Å². The minimum Gasteiger partial charge on any atom is -0.493 e. The highest BCUT2D eigenvalue weighted by Crippen LogP contribution is 2.45. The number of nitrogens with zero attached hydrogens (tertiary/aromatic N) is 3. The lowest BCUT2D eigenvalue weighted by molar-refractivity contribution is -0.00983. The van der Waals surface area contributed by atoms with E-state index in [-0.39, 0.29) is 6.61 Å². The normalized spacial score (nSPS) is 18.1. The predicted molar refractivity (Wildman–Crippen MR) is 103 cm³/mol. The largest absolute Gasteiger partial charge is 0.493 e. The van der Waals surface area contributed by atoms with E-state index in [9.17, 15) is 5.11 Å². The molecule has 0 spiro atoms. The van der Waals surface area contributed by atoms with Crippen molar-refractivity contribution in [2.24, 2.45) is 0 Å². The van der Waals surface area contributed by atoms with Crippen molar-refractivity contribution in [3.63, 3.8) is 0 Å². The Morgan fingerprint density at radius 3 is 2.79 bits per heavy atom. The SMILES string of the molecule is COc1cccc(C2OC(CCO)c3nncn3-c3ccc(Cl)cc32)c1OC. The van der Waals surface area contributed by atoms with Crippen LogP contribution in [0.4, 0.5) is 0 Å². The van der Waals surface area contributed by atoms with Crippen LogP contribution in [0.3, 0.4) is 0 Å². The molecular weight excluding hydrogens is 382 g/mol. The summed E-state index contributed by atoms with van der Waals surface area (Å²) in [4.78, 5) is 0. The van der Waals surface area contributed by atoms with Crippen molar-refractivity contribution in [3.8, 4) is 17.2 Å². The Bertz CT molecular complexity index is 991. The van der Waals surface area contributed by atoms with Crippen LogP contribution in [-0.4, -0.2) is 40.7 Å². The molecule has 2 atom stereocenters. The van der Waals surface area contributed by atoms with Crippen LogP contribution in [0, 0.1) is 0 Å². The second-order valence-corrected chi connectivity index (χ2v) is 6.80. The van der Waals surface area contributed by atoms with E-state index in [0.29, 0.717) is 28.8 Å². The summed E-state index contributed by atoms with van der Waals surface area (Å²) in [7, 11) is 3.19. The van der Waals surface area contributed by atoms with Gasteiger partial charge in [0.25, 0.3) is 0 Å². The molecule has 28 heavy (non-hydrogen) atoms. The number of hydrogen-bond acceptors (Lipinski definition) is 6. The molecule has 2 aromatic carbocycles. The van der Waals surface area contributed by atoms with Gasteiger partial charge < -0.3 is 19.3 Å². The molecule has 0 aliphatic carbocycles. The van der Waals surface area contributed by atoms with Crippen LogP contribution in [0.1, 0.15) is 35.6 Å². The van der Waals surface area contributed by atoms with E-state index in [4.69, 9.17) is 25.8 Å². The molecule has 0 amide bonds. The first-order valence-corrected chi connectivity index (χ1v) is 9.22. The second kappa shape index (κ2) is 7.79. The van der Waals surface area contributed by atoms with Gasteiger partial charge in [0, 0.05) is 29.2 Å². The van der Waals surface area contributed by atoms with E-state index in [1.54, 1.807) is 20.5 Å². The zero-order valence-electron chi connectivity index (χ0n) is 15.5. The van der Waals surface area contributed by atoms with Crippen molar-refractivity contribution in [1.82, 2.24) is 14.8 Å². The van der Waals surface area contributed by atoms with Crippen LogP contribution in [0.25, 0.3) is 5.69 Å². The van der Waals surface area contributed by atoms with Gasteiger partial charge in [-0.15, -0.1) is 10.2 Å². The number of ether oxygens (including phenoxy) is 3. The number of aliphatic hydroxyl groups is 1. The van der Waals surface area contributed by atoms with Crippen LogP contribution in [0.5, 0.6) is 11.5 Å². The maximum atomic E-state index is 9.57. The Hall–Kier alpha value is -2.61. The lowest BCUT2D eigenvalue weighted by atomic mass is 9.98. The minimum absolute atomic E-state index is 0.0450. The molecule has 0 fully saturated rings. The van der Waals surface area contributed by atoms with E-state index in [1.165, 1.54) is 0 Å². The van der Waals surface area contributed by atoms with Crippen molar-refractivity contribution >= 4 is 11.6 Å². The highest BCUT2D eigenvalue weighted by atomic mass is 35.5. The number of methoxy groups -OCH3 is 2. The van der Waals surface area contributed by atoms with Crippen LogP contribution < -0.4 is 9.47 Å². The quantitative estimate of drug-likeness (QED) is 0.705. The maximum Gasteiger partial charge on any atom is 0.166 e. The van der Waals surface area contributed by atoms with Gasteiger partial charge in [0.2, 0.25) is 0 Å². The average Bonchev–Trinajstić information content (AvgIpc) is 3.15. The van der Waals surface area contributed by atoms with Gasteiger partial charge in [0.1, 0.15) is 18.5 Å². The first-order valence-electron chi connectivity index (χ1n) is 8.84. The number of aliphatic hydroxyl groups excluding tert-OH is 1. The summed E-state index contributed by atoms with van der Waals surface area (Å²) in [5, 5.41) is 18.4. The molecule has 4 rings (SSSR count). The molecule has 3 aromatic rings. The standard InChI is InChI=1S/C20H20ClN3O4/c1-26-16-5-3-4-13(19(16)27-2)18-14-10-12(21)6-7-15(14)24-11-22-23-20(24)17(28-18)8-9-25/h3-7,10-11,17-18,25H,8-9H2,1-2H3. The lowest BCUT2D eigenvalue weighted by Gasteiger charge is -2.24. The number of para-hydroxylation sites is 1. The summed E-state index contributed by atoms with van der Waals surface area (Å²) in [5.74, 6) is 1.82. The molecule has 2 heterocycles. The van der Waals surface area contributed by atoms with E-state index in [1.807, 2.05) is 41.0 Å². The average molecular weight is 402 g/mol. The first kappa shape index (κ1) is 18.7. The molecular formula is C20H20ClN3O4. The lowest BCUT2D eigenvalue weighted by Crippen LogP contribution is -2.13. The van der Waals surface area contributed by atoms with E-state index >= 15 is 0 Å². The third-order valence-corrected chi connectivity index (χ3v) is 5.04. The summed E-state index contributed by atoms with van der Waals surface area (Å²) in [6, 6.07) is 11.2. The third-order valence-electron chi connectivity index (χ3n) is 4.80. The van der Waals surface area contributed by atoms with Crippen molar-refractivity contribution < 1.29 is 19.3 Å². The van der Waals surface area contributed by atoms with Crippen molar-refractivity contribution in [2.75, 3.05) is 20.8 Å². The summed E-state index contributed by atoms with van der Waals surface area (Å²) < 4.78 is 19.4. The molecule has 0 radical (unpaired) electrons. The molecule has 1 aliphatic rings. The molecule has 2 unspecified atom stereocenters. The van der Waals surface area contributed by atoms with Gasteiger partial charge >= 0.3 is 0 Å². The van der Waals surface area contributed by atoms with Gasteiger partial charge in [-0.05, 0) is 24.3 Å². The molecule has 0 saturated heterocycles. The minimum atomic E-state index is -0.503. The highest BCUT2D eigenvalue weighted by molar-refractivity contribution is 6.30. The molecule has 1 aromatic heterocycles. The topological polar surface area (TPSA) is 78.6 Å². The van der Waals surface area contributed by atoms with E-state index < -0.39 is 12.2 Å². The third kappa shape index (κ3) is 3.11. The summed E-state index contributed by atoms with van der Waals surface area (Å²) in [6.45, 7) is -0.0450. The Kier molecular flexibility index (Phi) is 5.21. The smallest absolute Gasteiger partial charge is 0.166 e.